The van der Waals surface area contributed by atoms with Gasteiger partial charge in [-0.1, -0.05) is 11.2 Å². The molecule has 0 radical (unpaired) electrons. The molecule has 1 heterocycles. The molecule has 0 spiro atoms. The third kappa shape index (κ3) is 1.32. The third-order valence-corrected chi connectivity index (χ3v) is 3.25. The van der Waals surface area contributed by atoms with Crippen LogP contribution >= 0.6 is 11.6 Å². The largest absolute Gasteiger partial charge is 0.497 e. The van der Waals surface area contributed by atoms with Crippen molar-refractivity contribution in [2.45, 2.75) is 12.8 Å². The lowest BCUT2D eigenvalue weighted by Gasteiger charge is -2.15. The van der Waals surface area contributed by atoms with Gasteiger partial charge in [-0.05, 0) is 42.1 Å². The molecule has 0 saturated carbocycles. The highest BCUT2D eigenvalue weighted by molar-refractivity contribution is 6.30. The van der Waals surface area contributed by atoms with E-state index in [2.05, 4.69) is 11.2 Å². The normalized spacial score (nSPS) is 13.1. The van der Waals surface area contributed by atoms with Crippen LogP contribution in [0.3, 0.4) is 0 Å². The van der Waals surface area contributed by atoms with Crippen molar-refractivity contribution in [1.29, 1.82) is 0 Å². The van der Waals surface area contributed by atoms with E-state index in [1.165, 1.54) is 5.56 Å². The highest BCUT2D eigenvalue weighted by Crippen LogP contribution is 2.37. The summed E-state index contributed by atoms with van der Waals surface area (Å²) in [6.07, 6.45) is 1.85. The Labute approximate surface area is 98.0 Å². The molecule has 2 aromatic rings. The van der Waals surface area contributed by atoms with Crippen molar-refractivity contribution < 1.29 is 9.26 Å². The van der Waals surface area contributed by atoms with Crippen molar-refractivity contribution in [3.63, 3.8) is 0 Å². The Balaban J connectivity index is 2.22. The lowest BCUT2D eigenvalue weighted by Crippen LogP contribution is -2.03. The van der Waals surface area contributed by atoms with Crippen LogP contribution in [0.15, 0.2) is 22.7 Å². The van der Waals surface area contributed by atoms with Gasteiger partial charge in [-0.2, -0.15) is 0 Å². The van der Waals surface area contributed by atoms with Gasteiger partial charge in [-0.15, -0.1) is 0 Å². The topological polar surface area (TPSA) is 35.3 Å². The SMILES string of the molecule is COc1ccc2c(c1)-c1noc(Cl)c1CC2. The lowest BCUT2D eigenvalue weighted by molar-refractivity contribution is 0.414. The Morgan fingerprint density at radius 1 is 1.38 bits per heavy atom. The van der Waals surface area contributed by atoms with Crippen LogP contribution < -0.4 is 4.74 Å². The van der Waals surface area contributed by atoms with E-state index in [1.54, 1.807) is 7.11 Å². The Bertz CT molecular complexity index is 548. The van der Waals surface area contributed by atoms with Crippen molar-refractivity contribution in [3.05, 3.63) is 34.5 Å². The standard InChI is InChI=1S/C12H10ClNO2/c1-15-8-4-2-7-3-5-9-11(10(7)6-8)14-16-12(9)13/h2,4,6H,3,5H2,1H3. The predicted octanol–water partition coefficient (Wildman–Crippen LogP) is 3.10. The average Bonchev–Trinajstić information content (AvgIpc) is 2.71. The van der Waals surface area contributed by atoms with Gasteiger partial charge in [0.1, 0.15) is 11.4 Å². The second kappa shape index (κ2) is 3.52. The number of hydrogen-bond donors (Lipinski definition) is 0. The molecule has 3 nitrogen and oxygen atoms in total. The van der Waals surface area contributed by atoms with Crippen LogP contribution in [0.1, 0.15) is 11.1 Å². The molecule has 4 heteroatoms. The molecule has 1 aromatic heterocycles. The first kappa shape index (κ1) is 9.73. The minimum Gasteiger partial charge on any atom is -0.497 e. The molecule has 0 saturated heterocycles. The highest BCUT2D eigenvalue weighted by atomic mass is 35.5. The first-order valence-electron chi connectivity index (χ1n) is 5.11. The Hall–Kier alpha value is -1.48. The number of ether oxygens (including phenoxy) is 1. The fourth-order valence-electron chi connectivity index (χ4n) is 2.10. The number of nitrogens with zero attached hydrogens (tertiary/aromatic N) is 1. The van der Waals surface area contributed by atoms with Crippen molar-refractivity contribution in [3.8, 4) is 17.0 Å². The third-order valence-electron chi connectivity index (χ3n) is 2.96. The van der Waals surface area contributed by atoms with Crippen LogP contribution in [0, 0.1) is 0 Å². The second-order valence-electron chi connectivity index (χ2n) is 3.81. The zero-order chi connectivity index (χ0) is 11.1. The summed E-state index contributed by atoms with van der Waals surface area (Å²) in [6, 6.07) is 6.01. The zero-order valence-corrected chi connectivity index (χ0v) is 9.54. The number of aryl methyl sites for hydroxylation is 1. The van der Waals surface area contributed by atoms with Crippen LogP contribution in [0.4, 0.5) is 0 Å². The summed E-state index contributed by atoms with van der Waals surface area (Å²) >= 11 is 5.94. The number of fused-ring (bicyclic) bond motifs is 3. The van der Waals surface area contributed by atoms with Gasteiger partial charge in [-0.3, -0.25) is 0 Å². The number of halogens is 1. The van der Waals surface area contributed by atoms with Crippen LogP contribution in [0.2, 0.25) is 5.22 Å². The number of rotatable bonds is 1. The smallest absolute Gasteiger partial charge is 0.229 e. The molecule has 0 fully saturated rings. The molecule has 1 aliphatic carbocycles. The van der Waals surface area contributed by atoms with E-state index in [4.69, 9.17) is 20.9 Å². The number of methoxy groups -OCH3 is 1. The van der Waals surface area contributed by atoms with Gasteiger partial charge >= 0.3 is 0 Å². The second-order valence-corrected chi connectivity index (χ2v) is 4.15. The summed E-state index contributed by atoms with van der Waals surface area (Å²) in [4.78, 5) is 0. The van der Waals surface area contributed by atoms with E-state index in [0.29, 0.717) is 5.22 Å². The number of benzene rings is 1. The summed E-state index contributed by atoms with van der Waals surface area (Å²) in [7, 11) is 1.65. The predicted molar refractivity (Wildman–Crippen MR) is 60.9 cm³/mol. The van der Waals surface area contributed by atoms with E-state index < -0.39 is 0 Å². The summed E-state index contributed by atoms with van der Waals surface area (Å²) in [5.41, 5.74) is 4.18. The molecule has 0 aliphatic heterocycles. The summed E-state index contributed by atoms with van der Waals surface area (Å²) in [5.74, 6) is 0.825. The minimum absolute atomic E-state index is 0.406. The van der Waals surface area contributed by atoms with Gasteiger partial charge < -0.3 is 9.26 Å². The van der Waals surface area contributed by atoms with E-state index in [0.717, 1.165) is 35.4 Å². The number of hydrogen-bond acceptors (Lipinski definition) is 3. The molecule has 16 heavy (non-hydrogen) atoms. The Morgan fingerprint density at radius 3 is 3.06 bits per heavy atom. The van der Waals surface area contributed by atoms with Crippen LogP contribution in [-0.2, 0) is 12.8 Å². The molecule has 82 valence electrons. The average molecular weight is 236 g/mol. The van der Waals surface area contributed by atoms with E-state index >= 15 is 0 Å². The highest BCUT2D eigenvalue weighted by Gasteiger charge is 2.23. The fourth-order valence-corrected chi connectivity index (χ4v) is 2.32. The monoisotopic (exact) mass is 235 g/mol. The maximum absolute atomic E-state index is 5.94. The minimum atomic E-state index is 0.406. The van der Waals surface area contributed by atoms with Gasteiger partial charge in [-0.25, -0.2) is 0 Å². The molecular formula is C12H10ClNO2. The van der Waals surface area contributed by atoms with Gasteiger partial charge in [0.15, 0.2) is 0 Å². The lowest BCUT2D eigenvalue weighted by atomic mass is 9.90. The molecule has 0 bridgehead atoms. The molecule has 1 aromatic carbocycles. The van der Waals surface area contributed by atoms with Crippen LogP contribution in [0.5, 0.6) is 5.75 Å². The molecule has 0 N–H and O–H groups in total. The Kier molecular flexibility index (Phi) is 2.14. The fraction of sp³-hybridized carbons (Fsp3) is 0.250. The van der Waals surface area contributed by atoms with Crippen LogP contribution in [-0.4, -0.2) is 12.3 Å². The maximum atomic E-state index is 5.94. The van der Waals surface area contributed by atoms with Gasteiger partial charge in [0.05, 0.1) is 7.11 Å². The molecule has 0 unspecified atom stereocenters. The van der Waals surface area contributed by atoms with Gasteiger partial charge in [0, 0.05) is 11.1 Å². The molecule has 0 atom stereocenters. The van der Waals surface area contributed by atoms with E-state index in [1.807, 2.05) is 12.1 Å². The molecular weight excluding hydrogens is 226 g/mol. The van der Waals surface area contributed by atoms with Crippen molar-refractivity contribution >= 4 is 11.6 Å². The van der Waals surface area contributed by atoms with Gasteiger partial charge in [0.25, 0.3) is 0 Å². The first-order chi connectivity index (χ1) is 7.79. The van der Waals surface area contributed by atoms with Crippen molar-refractivity contribution in [2.75, 3.05) is 7.11 Å². The molecule has 3 rings (SSSR count). The summed E-state index contributed by atoms with van der Waals surface area (Å²) < 4.78 is 10.2. The molecule has 1 aliphatic rings. The van der Waals surface area contributed by atoms with Crippen molar-refractivity contribution in [2.24, 2.45) is 0 Å². The molecule has 0 amide bonds. The van der Waals surface area contributed by atoms with Crippen LogP contribution in [0.25, 0.3) is 11.3 Å². The van der Waals surface area contributed by atoms with Gasteiger partial charge in [0.2, 0.25) is 5.22 Å². The first-order valence-corrected chi connectivity index (χ1v) is 5.48. The summed E-state index contributed by atoms with van der Waals surface area (Å²) in [6.45, 7) is 0. The quantitative estimate of drug-likeness (QED) is 0.762. The maximum Gasteiger partial charge on any atom is 0.229 e. The Morgan fingerprint density at radius 2 is 2.25 bits per heavy atom. The summed E-state index contributed by atoms with van der Waals surface area (Å²) in [5, 5.41) is 4.42. The van der Waals surface area contributed by atoms with E-state index in [9.17, 15) is 0 Å². The van der Waals surface area contributed by atoms with Crippen molar-refractivity contribution in [1.82, 2.24) is 5.16 Å². The van der Waals surface area contributed by atoms with E-state index in [-0.39, 0.29) is 0 Å². The number of aromatic nitrogens is 1. The zero-order valence-electron chi connectivity index (χ0n) is 8.79.